The smallest absolute Gasteiger partial charge is 0.331 e. The van der Waals surface area contributed by atoms with Gasteiger partial charge in [0.05, 0.1) is 22.9 Å². The van der Waals surface area contributed by atoms with Gasteiger partial charge in [0.2, 0.25) is 10.0 Å². The highest BCUT2D eigenvalue weighted by atomic mass is 32.2. The van der Waals surface area contributed by atoms with Crippen molar-refractivity contribution in [3.63, 3.8) is 0 Å². The lowest BCUT2D eigenvalue weighted by atomic mass is 10.1. The summed E-state index contributed by atoms with van der Waals surface area (Å²) in [6.45, 7) is 2.46. The molecule has 1 heterocycles. The Bertz CT molecular complexity index is 1140. The Labute approximate surface area is 197 Å². The summed E-state index contributed by atoms with van der Waals surface area (Å²) >= 11 is 1.35. The summed E-state index contributed by atoms with van der Waals surface area (Å²) in [5.74, 6) is -1.31. The van der Waals surface area contributed by atoms with Gasteiger partial charge in [-0.15, -0.1) is 11.8 Å². The zero-order valence-electron chi connectivity index (χ0n) is 18.7. The van der Waals surface area contributed by atoms with E-state index in [1.54, 1.807) is 25.2 Å². The number of carbonyl (C=O) groups is 1. The molecule has 0 bridgehead atoms. The van der Waals surface area contributed by atoms with Gasteiger partial charge in [-0.1, -0.05) is 19.8 Å². The average molecular weight is 495 g/mol. The van der Waals surface area contributed by atoms with Crippen molar-refractivity contribution in [2.24, 2.45) is 0 Å². The summed E-state index contributed by atoms with van der Waals surface area (Å²) in [4.78, 5) is 13.4. The molecular formula is C23H27FN2O5S2. The molecule has 1 N–H and O–H groups in total. The number of unbranched alkanes of at least 4 members (excludes halogenated alkanes) is 1. The van der Waals surface area contributed by atoms with Crippen LogP contribution in [-0.4, -0.2) is 49.7 Å². The van der Waals surface area contributed by atoms with Gasteiger partial charge in [0.15, 0.2) is 0 Å². The maximum absolute atomic E-state index is 13.6. The first-order valence-electron chi connectivity index (χ1n) is 10.5. The van der Waals surface area contributed by atoms with E-state index in [9.17, 15) is 17.6 Å². The molecule has 0 fully saturated rings. The van der Waals surface area contributed by atoms with Crippen molar-refractivity contribution in [2.75, 3.05) is 24.7 Å². The molecule has 1 unspecified atom stereocenters. The van der Waals surface area contributed by atoms with Crippen molar-refractivity contribution < 1.29 is 27.4 Å². The highest BCUT2D eigenvalue weighted by Gasteiger charge is 2.37. The number of fused-ring (bicyclic) bond motifs is 1. The molecule has 2 aromatic carbocycles. The SMILES string of the molecule is CCCCC1CN(c2ccc(F)cc2)c2cc(SC)c(O/C=C/C(=O)O)cc2S(=O)(=O)N1C. The summed E-state index contributed by atoms with van der Waals surface area (Å²) < 4.78 is 47.7. The molecule has 0 spiro atoms. The molecule has 0 radical (unpaired) electrons. The number of aliphatic carboxylic acids is 1. The van der Waals surface area contributed by atoms with E-state index in [1.165, 1.54) is 34.3 Å². The second-order valence-electron chi connectivity index (χ2n) is 7.63. The fourth-order valence-electron chi connectivity index (χ4n) is 3.72. The predicted octanol–water partition coefficient (Wildman–Crippen LogP) is 4.86. The molecule has 3 rings (SSSR count). The van der Waals surface area contributed by atoms with Crippen molar-refractivity contribution in [2.45, 2.75) is 42.0 Å². The van der Waals surface area contributed by atoms with Crippen molar-refractivity contribution >= 4 is 39.1 Å². The van der Waals surface area contributed by atoms with Crippen molar-refractivity contribution in [1.82, 2.24) is 4.31 Å². The molecule has 0 saturated carbocycles. The quantitative estimate of drug-likeness (QED) is 0.319. The van der Waals surface area contributed by atoms with Crippen LogP contribution in [0.25, 0.3) is 0 Å². The summed E-state index contributed by atoms with van der Waals surface area (Å²) in [7, 11) is -2.32. The zero-order valence-corrected chi connectivity index (χ0v) is 20.3. The minimum Gasteiger partial charge on any atom is -0.478 e. The van der Waals surface area contributed by atoms with Crippen LogP contribution in [0.3, 0.4) is 0 Å². The summed E-state index contributed by atoms with van der Waals surface area (Å²) in [6.07, 6.45) is 6.14. The third kappa shape index (κ3) is 5.51. The average Bonchev–Trinajstić information content (AvgIpc) is 2.86. The molecule has 7 nitrogen and oxygen atoms in total. The zero-order chi connectivity index (χ0) is 24.2. The van der Waals surface area contributed by atoms with Crippen LogP contribution in [0, 0.1) is 5.82 Å². The Morgan fingerprint density at radius 1 is 1.30 bits per heavy atom. The lowest BCUT2D eigenvalue weighted by Crippen LogP contribution is -2.40. The van der Waals surface area contributed by atoms with E-state index in [0.717, 1.165) is 25.2 Å². The second kappa shape index (κ2) is 10.6. The molecular weight excluding hydrogens is 467 g/mol. The normalized spacial score (nSPS) is 18.2. The number of carboxylic acids is 1. The maximum atomic E-state index is 13.6. The number of thioether (sulfide) groups is 1. The summed E-state index contributed by atoms with van der Waals surface area (Å²) in [5.41, 5.74) is 1.14. The molecule has 1 aliphatic heterocycles. The Morgan fingerprint density at radius 2 is 2.00 bits per heavy atom. The van der Waals surface area contributed by atoms with Crippen molar-refractivity contribution in [1.29, 1.82) is 0 Å². The van der Waals surface area contributed by atoms with Gasteiger partial charge >= 0.3 is 5.97 Å². The van der Waals surface area contributed by atoms with Crippen molar-refractivity contribution in [3.05, 3.63) is 54.6 Å². The van der Waals surface area contributed by atoms with Crippen LogP contribution < -0.4 is 9.64 Å². The van der Waals surface area contributed by atoms with E-state index < -0.39 is 16.0 Å². The first-order valence-corrected chi connectivity index (χ1v) is 13.1. The highest BCUT2D eigenvalue weighted by molar-refractivity contribution is 7.98. The molecule has 2 aromatic rings. The lowest BCUT2D eigenvalue weighted by molar-refractivity contribution is -0.131. The third-order valence-corrected chi connectivity index (χ3v) is 8.23. The first kappa shape index (κ1) is 25.1. The highest BCUT2D eigenvalue weighted by Crippen LogP contribution is 2.43. The number of ether oxygens (including phenoxy) is 1. The molecule has 0 saturated heterocycles. The van der Waals surface area contributed by atoms with Gasteiger partial charge in [0.25, 0.3) is 0 Å². The van der Waals surface area contributed by atoms with E-state index in [4.69, 9.17) is 9.84 Å². The van der Waals surface area contributed by atoms with Gasteiger partial charge in [-0.05, 0) is 43.0 Å². The van der Waals surface area contributed by atoms with E-state index >= 15 is 0 Å². The molecule has 0 aromatic heterocycles. The molecule has 0 amide bonds. The van der Waals surface area contributed by atoms with Gasteiger partial charge in [0.1, 0.15) is 16.5 Å². The summed E-state index contributed by atoms with van der Waals surface area (Å²) in [5, 5.41) is 8.84. The largest absolute Gasteiger partial charge is 0.478 e. The van der Waals surface area contributed by atoms with Gasteiger partial charge in [-0.2, -0.15) is 4.31 Å². The minimum atomic E-state index is -3.89. The van der Waals surface area contributed by atoms with Crippen LogP contribution in [0.1, 0.15) is 26.2 Å². The molecule has 1 atom stereocenters. The van der Waals surface area contributed by atoms with E-state index in [2.05, 4.69) is 6.92 Å². The Balaban J connectivity index is 2.21. The van der Waals surface area contributed by atoms with Gasteiger partial charge in [-0.3, -0.25) is 0 Å². The van der Waals surface area contributed by atoms with Crippen LogP contribution in [-0.2, 0) is 14.8 Å². The van der Waals surface area contributed by atoms with E-state index in [1.807, 2.05) is 11.2 Å². The topological polar surface area (TPSA) is 87.1 Å². The van der Waals surface area contributed by atoms with Gasteiger partial charge < -0.3 is 14.7 Å². The Morgan fingerprint density at radius 3 is 2.61 bits per heavy atom. The van der Waals surface area contributed by atoms with Crippen LogP contribution in [0.15, 0.2) is 58.5 Å². The molecule has 10 heteroatoms. The fraction of sp³-hybridized carbons (Fsp3) is 0.348. The molecule has 1 aliphatic rings. The number of halogens is 1. The van der Waals surface area contributed by atoms with E-state index in [-0.39, 0.29) is 22.5 Å². The van der Waals surface area contributed by atoms with Crippen LogP contribution >= 0.6 is 11.8 Å². The maximum Gasteiger partial charge on any atom is 0.331 e. The molecule has 178 valence electrons. The van der Waals surface area contributed by atoms with Crippen molar-refractivity contribution in [3.8, 4) is 5.75 Å². The molecule has 33 heavy (non-hydrogen) atoms. The Hall–Kier alpha value is -2.56. The number of sulfonamides is 1. The van der Waals surface area contributed by atoms with Crippen LogP contribution in [0.4, 0.5) is 15.8 Å². The number of anilines is 2. The lowest BCUT2D eigenvalue weighted by Gasteiger charge is -2.29. The number of hydrogen-bond acceptors (Lipinski definition) is 6. The number of likely N-dealkylation sites (N-methyl/N-ethyl adjacent to an activating group) is 1. The van der Waals surface area contributed by atoms with Gasteiger partial charge in [0, 0.05) is 31.4 Å². The number of nitrogens with zero attached hydrogens (tertiary/aromatic N) is 2. The second-order valence-corrected chi connectivity index (χ2v) is 10.4. The minimum absolute atomic E-state index is 0.0462. The number of benzene rings is 2. The predicted molar refractivity (Wildman–Crippen MR) is 127 cm³/mol. The number of rotatable bonds is 8. The number of hydrogen-bond donors (Lipinski definition) is 1. The van der Waals surface area contributed by atoms with Gasteiger partial charge in [-0.25, -0.2) is 17.6 Å². The molecule has 0 aliphatic carbocycles. The Kier molecular flexibility index (Phi) is 8.04. The van der Waals surface area contributed by atoms with Crippen LogP contribution in [0.2, 0.25) is 0 Å². The monoisotopic (exact) mass is 494 g/mol. The summed E-state index contributed by atoms with van der Waals surface area (Å²) in [6, 6.07) is 8.82. The third-order valence-electron chi connectivity index (χ3n) is 5.54. The number of carboxylic acid groups (broad SMARTS) is 1. The van der Waals surface area contributed by atoms with Crippen LogP contribution in [0.5, 0.6) is 5.75 Å². The van der Waals surface area contributed by atoms with E-state index in [0.29, 0.717) is 29.2 Å². The fourth-order valence-corrected chi connectivity index (χ4v) is 5.82. The first-order chi connectivity index (χ1) is 15.7. The standard InChI is InChI=1S/C23H27FN2O5S2/c1-4-5-6-18-15-26(17-9-7-16(24)8-10-17)19-13-21(32-3)20(31-12-11-23(27)28)14-22(19)33(29,30)25(18)2/h7-14,18H,4-6,15H2,1-3H3,(H,27,28)/b12-11+.